The van der Waals surface area contributed by atoms with E-state index >= 15 is 0 Å². The number of hydrogen-bond donors (Lipinski definition) is 2. The van der Waals surface area contributed by atoms with Crippen molar-refractivity contribution >= 4 is 5.91 Å². The Labute approximate surface area is 119 Å². The van der Waals surface area contributed by atoms with Gasteiger partial charge in [-0.1, -0.05) is 6.92 Å². The lowest BCUT2D eigenvalue weighted by Crippen LogP contribution is -2.31. The molecule has 1 aromatic carbocycles. The van der Waals surface area contributed by atoms with Crippen LogP contribution in [0, 0.1) is 0 Å². The summed E-state index contributed by atoms with van der Waals surface area (Å²) in [5, 5.41) is 12.1. The highest BCUT2D eigenvalue weighted by atomic mass is 16.5. The zero-order valence-electron chi connectivity index (χ0n) is 12.3. The van der Waals surface area contributed by atoms with Gasteiger partial charge in [-0.05, 0) is 38.5 Å². The molecule has 1 atom stereocenters. The summed E-state index contributed by atoms with van der Waals surface area (Å²) in [5.74, 6) is 0.944. The molecule has 0 saturated heterocycles. The standard InChI is InChI=1S/C15H23NO4/c1-4-12(17)10-16-15(18)11-7-8-13(19-5-2)14(9-11)20-6-3/h7-9,12,17H,4-6,10H2,1-3H3,(H,16,18). The summed E-state index contributed by atoms with van der Waals surface area (Å²) in [6.07, 6.45) is 0.0846. The minimum atomic E-state index is -0.520. The second-order valence-corrected chi connectivity index (χ2v) is 4.30. The highest BCUT2D eigenvalue weighted by Crippen LogP contribution is 2.28. The zero-order valence-corrected chi connectivity index (χ0v) is 12.3. The fraction of sp³-hybridized carbons (Fsp3) is 0.533. The van der Waals surface area contributed by atoms with Crippen LogP contribution in [0.15, 0.2) is 18.2 Å². The topological polar surface area (TPSA) is 67.8 Å². The summed E-state index contributed by atoms with van der Waals surface area (Å²) >= 11 is 0. The lowest BCUT2D eigenvalue weighted by atomic mass is 10.2. The van der Waals surface area contributed by atoms with Crippen LogP contribution in [-0.2, 0) is 0 Å². The number of carbonyl (C=O) groups is 1. The Hall–Kier alpha value is -1.75. The molecule has 1 aromatic rings. The Morgan fingerprint density at radius 1 is 1.20 bits per heavy atom. The van der Waals surface area contributed by atoms with E-state index in [0.717, 1.165) is 0 Å². The quantitative estimate of drug-likeness (QED) is 0.764. The molecule has 20 heavy (non-hydrogen) atoms. The van der Waals surface area contributed by atoms with Crippen molar-refractivity contribution in [2.45, 2.75) is 33.3 Å². The molecule has 5 heteroatoms. The van der Waals surface area contributed by atoms with E-state index in [0.29, 0.717) is 36.7 Å². The molecule has 0 aliphatic heterocycles. The largest absolute Gasteiger partial charge is 0.490 e. The van der Waals surface area contributed by atoms with E-state index in [4.69, 9.17) is 9.47 Å². The summed E-state index contributed by atoms with van der Waals surface area (Å²) in [4.78, 5) is 12.0. The minimum absolute atomic E-state index is 0.235. The molecule has 0 radical (unpaired) electrons. The first kappa shape index (κ1) is 16.3. The van der Waals surface area contributed by atoms with E-state index in [1.54, 1.807) is 18.2 Å². The fourth-order valence-electron chi connectivity index (χ4n) is 1.65. The molecule has 0 aliphatic carbocycles. The van der Waals surface area contributed by atoms with Crippen molar-refractivity contribution in [3.63, 3.8) is 0 Å². The van der Waals surface area contributed by atoms with E-state index in [-0.39, 0.29) is 12.5 Å². The van der Waals surface area contributed by atoms with Gasteiger partial charge in [0.2, 0.25) is 0 Å². The van der Waals surface area contributed by atoms with Crippen molar-refractivity contribution < 1.29 is 19.4 Å². The molecule has 0 spiro atoms. The zero-order chi connectivity index (χ0) is 15.0. The SMILES string of the molecule is CCOc1ccc(C(=O)NCC(O)CC)cc1OCC. The normalized spacial score (nSPS) is 11.8. The highest BCUT2D eigenvalue weighted by Gasteiger charge is 2.12. The van der Waals surface area contributed by atoms with Gasteiger partial charge < -0.3 is 19.9 Å². The predicted octanol–water partition coefficient (Wildman–Crippen LogP) is 1.98. The molecular weight excluding hydrogens is 258 g/mol. The van der Waals surface area contributed by atoms with Crippen molar-refractivity contribution in [3.05, 3.63) is 23.8 Å². The van der Waals surface area contributed by atoms with Crippen LogP contribution in [0.4, 0.5) is 0 Å². The Kier molecular flexibility index (Phi) is 6.87. The fourth-order valence-corrected chi connectivity index (χ4v) is 1.65. The molecule has 0 heterocycles. The van der Waals surface area contributed by atoms with Gasteiger partial charge in [0.05, 0.1) is 19.3 Å². The summed E-state index contributed by atoms with van der Waals surface area (Å²) < 4.78 is 10.9. The average Bonchev–Trinajstić information content (AvgIpc) is 2.46. The number of nitrogens with one attached hydrogen (secondary N) is 1. The first-order valence-electron chi connectivity index (χ1n) is 6.98. The molecule has 0 bridgehead atoms. The Morgan fingerprint density at radius 3 is 2.45 bits per heavy atom. The highest BCUT2D eigenvalue weighted by molar-refractivity contribution is 5.94. The average molecular weight is 281 g/mol. The van der Waals surface area contributed by atoms with E-state index in [2.05, 4.69) is 5.32 Å². The third kappa shape index (κ3) is 4.74. The number of amides is 1. The van der Waals surface area contributed by atoms with Gasteiger partial charge in [-0.25, -0.2) is 0 Å². The van der Waals surface area contributed by atoms with Gasteiger partial charge in [-0.2, -0.15) is 0 Å². The number of rotatable bonds is 8. The van der Waals surface area contributed by atoms with E-state index in [1.165, 1.54) is 0 Å². The van der Waals surface area contributed by atoms with Gasteiger partial charge in [0, 0.05) is 12.1 Å². The number of carbonyl (C=O) groups excluding carboxylic acids is 1. The van der Waals surface area contributed by atoms with Crippen LogP contribution in [0.25, 0.3) is 0 Å². The van der Waals surface area contributed by atoms with Gasteiger partial charge in [-0.15, -0.1) is 0 Å². The number of aliphatic hydroxyl groups is 1. The van der Waals surface area contributed by atoms with Crippen LogP contribution >= 0.6 is 0 Å². The summed E-state index contributed by atoms with van der Waals surface area (Å²) in [6, 6.07) is 5.06. The lowest BCUT2D eigenvalue weighted by Gasteiger charge is -2.13. The third-order valence-corrected chi connectivity index (χ3v) is 2.78. The van der Waals surface area contributed by atoms with Gasteiger partial charge in [0.25, 0.3) is 5.91 Å². The van der Waals surface area contributed by atoms with E-state index in [1.807, 2.05) is 20.8 Å². The van der Waals surface area contributed by atoms with Crippen molar-refractivity contribution in [1.82, 2.24) is 5.32 Å². The Balaban J connectivity index is 2.79. The molecular formula is C15H23NO4. The molecule has 0 aliphatic rings. The molecule has 0 saturated carbocycles. The molecule has 2 N–H and O–H groups in total. The van der Waals surface area contributed by atoms with Gasteiger partial charge in [0.1, 0.15) is 0 Å². The molecule has 112 valence electrons. The van der Waals surface area contributed by atoms with Crippen LogP contribution in [0.3, 0.4) is 0 Å². The number of ether oxygens (including phenoxy) is 2. The maximum absolute atomic E-state index is 12.0. The predicted molar refractivity (Wildman–Crippen MR) is 77.4 cm³/mol. The second-order valence-electron chi connectivity index (χ2n) is 4.30. The summed E-state index contributed by atoms with van der Waals surface area (Å²) in [5.41, 5.74) is 0.486. The summed E-state index contributed by atoms with van der Waals surface area (Å²) in [6.45, 7) is 6.91. The maximum atomic E-state index is 12.0. The number of benzene rings is 1. The Morgan fingerprint density at radius 2 is 1.85 bits per heavy atom. The molecule has 0 fully saturated rings. The van der Waals surface area contributed by atoms with Crippen molar-refractivity contribution in [2.75, 3.05) is 19.8 Å². The molecule has 1 unspecified atom stereocenters. The minimum Gasteiger partial charge on any atom is -0.490 e. The lowest BCUT2D eigenvalue weighted by molar-refractivity contribution is 0.0913. The number of aliphatic hydroxyl groups excluding tert-OH is 1. The van der Waals surface area contributed by atoms with Gasteiger partial charge >= 0.3 is 0 Å². The molecule has 1 amide bonds. The van der Waals surface area contributed by atoms with Crippen molar-refractivity contribution in [2.24, 2.45) is 0 Å². The van der Waals surface area contributed by atoms with E-state index < -0.39 is 6.10 Å². The van der Waals surface area contributed by atoms with Crippen LogP contribution in [0.1, 0.15) is 37.6 Å². The smallest absolute Gasteiger partial charge is 0.251 e. The Bertz CT molecular complexity index is 434. The van der Waals surface area contributed by atoms with Crippen molar-refractivity contribution in [1.29, 1.82) is 0 Å². The van der Waals surface area contributed by atoms with Crippen LogP contribution < -0.4 is 14.8 Å². The van der Waals surface area contributed by atoms with Gasteiger partial charge in [-0.3, -0.25) is 4.79 Å². The van der Waals surface area contributed by atoms with Crippen LogP contribution in [-0.4, -0.2) is 36.9 Å². The van der Waals surface area contributed by atoms with Crippen LogP contribution in [0.5, 0.6) is 11.5 Å². The molecule has 5 nitrogen and oxygen atoms in total. The van der Waals surface area contributed by atoms with Crippen LogP contribution in [0.2, 0.25) is 0 Å². The second kappa shape index (κ2) is 8.43. The summed E-state index contributed by atoms with van der Waals surface area (Å²) in [7, 11) is 0. The van der Waals surface area contributed by atoms with E-state index in [9.17, 15) is 9.90 Å². The van der Waals surface area contributed by atoms with Crippen molar-refractivity contribution in [3.8, 4) is 11.5 Å². The number of hydrogen-bond acceptors (Lipinski definition) is 4. The molecule has 1 rings (SSSR count). The molecule has 0 aromatic heterocycles. The third-order valence-electron chi connectivity index (χ3n) is 2.78. The maximum Gasteiger partial charge on any atom is 0.251 e. The first-order chi connectivity index (χ1) is 9.62. The van der Waals surface area contributed by atoms with Gasteiger partial charge in [0.15, 0.2) is 11.5 Å². The monoisotopic (exact) mass is 281 g/mol. The first-order valence-corrected chi connectivity index (χ1v) is 6.98.